The fourth-order valence-corrected chi connectivity index (χ4v) is 1.02. The van der Waals surface area contributed by atoms with Crippen LogP contribution in [0.25, 0.3) is 0 Å². The number of nitrogens with zero attached hydrogens (tertiary/aromatic N) is 1. The molecule has 0 fully saturated rings. The van der Waals surface area contributed by atoms with Gasteiger partial charge < -0.3 is 5.11 Å². The molecule has 0 unspecified atom stereocenters. The maximum Gasteiger partial charge on any atom is 0.335 e. The van der Waals surface area contributed by atoms with Crippen LogP contribution in [0.4, 0.5) is 5.69 Å². The quantitative estimate of drug-likeness (QED) is 0.368. The monoisotopic (exact) mass is 263 g/mol. The normalized spacial score (nSPS) is 8.93. The fraction of sp³-hybridized carbons (Fsp3) is 0. The smallest absolute Gasteiger partial charge is 0.335 e. The van der Waals surface area contributed by atoms with Gasteiger partial charge in [-0.15, -0.1) is 12.6 Å². The summed E-state index contributed by atoms with van der Waals surface area (Å²) in [6, 6.07) is 3.52. The number of hydrogen-bond acceptors (Lipinski definition) is 4. The number of aromatic carboxylic acids is 1. The maximum absolute atomic E-state index is 10.4. The number of carboxylic acids is 1. The Balaban J connectivity index is 0.00000169. The van der Waals surface area contributed by atoms with E-state index in [2.05, 4.69) is 12.6 Å². The van der Waals surface area contributed by atoms with E-state index >= 15 is 0 Å². The summed E-state index contributed by atoms with van der Waals surface area (Å²) in [5.74, 6) is -1.20. The molecule has 0 spiro atoms. The Kier molecular flexibility index (Phi) is 4.73. The minimum atomic E-state index is -1.20. The van der Waals surface area contributed by atoms with Crippen LogP contribution in [-0.2, 0) is 19.5 Å². The molecule has 1 rings (SSSR count). The van der Waals surface area contributed by atoms with Crippen LogP contribution in [0.1, 0.15) is 10.4 Å². The van der Waals surface area contributed by atoms with Gasteiger partial charge in [0.25, 0.3) is 5.69 Å². The number of benzene rings is 1. The molecule has 0 aromatic heterocycles. The van der Waals surface area contributed by atoms with Crippen LogP contribution >= 0.6 is 12.6 Å². The van der Waals surface area contributed by atoms with E-state index in [0.717, 1.165) is 6.07 Å². The molecule has 1 aromatic carbocycles. The Morgan fingerprint density at radius 2 is 2.07 bits per heavy atom. The molecule has 1 aromatic rings. The molecule has 7 heteroatoms. The van der Waals surface area contributed by atoms with E-state index in [4.69, 9.17) is 5.11 Å². The predicted octanol–water partition coefficient (Wildman–Crippen LogP) is 1.58. The SMILES string of the molecule is O=C(O)c1ccc(S)c([N+](=O)[O-])c1.[Zn]. The van der Waals surface area contributed by atoms with E-state index in [1.165, 1.54) is 12.1 Å². The minimum absolute atomic E-state index is 0. The third-order valence-corrected chi connectivity index (χ3v) is 1.80. The van der Waals surface area contributed by atoms with Crippen molar-refractivity contribution in [3.8, 4) is 0 Å². The van der Waals surface area contributed by atoms with Gasteiger partial charge in [0.2, 0.25) is 0 Å². The number of rotatable bonds is 2. The van der Waals surface area contributed by atoms with Crippen LogP contribution in [0.5, 0.6) is 0 Å². The molecule has 0 amide bonds. The molecular weight excluding hydrogens is 260 g/mol. The van der Waals surface area contributed by atoms with Crippen LogP contribution in [0.3, 0.4) is 0 Å². The number of carbonyl (C=O) groups is 1. The van der Waals surface area contributed by atoms with Gasteiger partial charge in [0, 0.05) is 25.5 Å². The van der Waals surface area contributed by atoms with Crippen molar-refractivity contribution < 1.29 is 34.3 Å². The first-order valence-electron chi connectivity index (χ1n) is 3.23. The zero-order valence-corrected chi connectivity index (χ0v) is 10.9. The van der Waals surface area contributed by atoms with E-state index in [-0.39, 0.29) is 35.6 Å². The Bertz CT molecular complexity index is 382. The summed E-state index contributed by atoms with van der Waals surface area (Å²) in [5.41, 5.74) is -0.423. The van der Waals surface area contributed by atoms with Crippen molar-refractivity contribution in [1.82, 2.24) is 0 Å². The number of nitro groups is 1. The van der Waals surface area contributed by atoms with Crippen LogP contribution in [0.2, 0.25) is 0 Å². The topological polar surface area (TPSA) is 80.4 Å². The molecule has 0 atom stereocenters. The zero-order valence-electron chi connectivity index (χ0n) is 7.01. The van der Waals surface area contributed by atoms with Crippen molar-refractivity contribution in [1.29, 1.82) is 0 Å². The van der Waals surface area contributed by atoms with Crippen molar-refractivity contribution in [3.63, 3.8) is 0 Å². The van der Waals surface area contributed by atoms with Crippen LogP contribution < -0.4 is 0 Å². The molecule has 0 aliphatic rings. The van der Waals surface area contributed by atoms with Gasteiger partial charge in [-0.25, -0.2) is 4.79 Å². The number of hydrogen-bond donors (Lipinski definition) is 2. The minimum Gasteiger partial charge on any atom is -0.478 e. The predicted molar refractivity (Wildman–Crippen MR) is 47.3 cm³/mol. The third-order valence-electron chi connectivity index (χ3n) is 1.42. The summed E-state index contributed by atoms with van der Waals surface area (Å²) in [4.78, 5) is 20.3. The molecule has 70 valence electrons. The molecule has 0 saturated carbocycles. The molecule has 0 bridgehead atoms. The van der Waals surface area contributed by atoms with Gasteiger partial charge in [0.1, 0.15) is 0 Å². The largest absolute Gasteiger partial charge is 0.478 e. The van der Waals surface area contributed by atoms with Crippen molar-refractivity contribution in [2.45, 2.75) is 4.90 Å². The summed E-state index contributed by atoms with van der Waals surface area (Å²) in [6.07, 6.45) is 0. The van der Waals surface area contributed by atoms with E-state index < -0.39 is 10.9 Å². The van der Waals surface area contributed by atoms with Gasteiger partial charge in [-0.05, 0) is 12.1 Å². The first kappa shape index (κ1) is 13.1. The summed E-state index contributed by atoms with van der Waals surface area (Å²) in [5, 5.41) is 18.9. The first-order chi connectivity index (χ1) is 6.02. The van der Waals surface area contributed by atoms with E-state index in [1.54, 1.807) is 0 Å². The van der Waals surface area contributed by atoms with Crippen LogP contribution in [0.15, 0.2) is 23.1 Å². The number of carboxylic acid groups (broad SMARTS) is 1. The molecule has 0 heterocycles. The molecule has 14 heavy (non-hydrogen) atoms. The second-order valence-electron chi connectivity index (χ2n) is 2.27. The van der Waals surface area contributed by atoms with Gasteiger partial charge >= 0.3 is 5.97 Å². The number of thiol groups is 1. The second kappa shape index (κ2) is 5.07. The molecule has 0 radical (unpaired) electrons. The number of nitro benzene ring substituents is 1. The molecule has 0 saturated heterocycles. The first-order valence-corrected chi connectivity index (χ1v) is 3.68. The summed E-state index contributed by atoms with van der Waals surface area (Å²) >= 11 is 3.82. The molecular formula is C7H5NO4SZn. The molecule has 1 N–H and O–H groups in total. The van der Waals surface area contributed by atoms with Crippen molar-refractivity contribution in [2.75, 3.05) is 0 Å². The third kappa shape index (κ3) is 2.78. The Morgan fingerprint density at radius 1 is 1.50 bits per heavy atom. The van der Waals surface area contributed by atoms with Crippen molar-refractivity contribution in [3.05, 3.63) is 33.9 Å². The second-order valence-corrected chi connectivity index (χ2v) is 2.75. The van der Waals surface area contributed by atoms with Gasteiger partial charge in [0.05, 0.1) is 15.4 Å². The molecule has 5 nitrogen and oxygen atoms in total. The van der Waals surface area contributed by atoms with Crippen molar-refractivity contribution >= 4 is 24.3 Å². The fourth-order valence-electron chi connectivity index (χ4n) is 0.803. The standard InChI is InChI=1S/C7H5NO4S.Zn/c9-7(10)4-1-2-6(13)5(3-4)8(11)12;/h1-3,13H,(H,9,10);. The van der Waals surface area contributed by atoms with Crippen LogP contribution in [0, 0.1) is 10.1 Å². The Hall–Kier alpha value is -0.937. The molecule has 0 aliphatic heterocycles. The average Bonchev–Trinajstić information content (AvgIpc) is 2.04. The maximum atomic E-state index is 10.4. The summed E-state index contributed by atoms with van der Waals surface area (Å²) < 4.78 is 0. The van der Waals surface area contributed by atoms with E-state index in [0.29, 0.717) is 0 Å². The Labute approximate surface area is 97.4 Å². The zero-order chi connectivity index (χ0) is 10.0. The van der Waals surface area contributed by atoms with Gasteiger partial charge in [0.15, 0.2) is 0 Å². The van der Waals surface area contributed by atoms with E-state index in [1.807, 2.05) is 0 Å². The van der Waals surface area contributed by atoms with Gasteiger partial charge in [-0.3, -0.25) is 10.1 Å². The summed E-state index contributed by atoms with van der Waals surface area (Å²) in [7, 11) is 0. The van der Waals surface area contributed by atoms with Crippen LogP contribution in [-0.4, -0.2) is 16.0 Å². The average molecular weight is 265 g/mol. The van der Waals surface area contributed by atoms with Crippen molar-refractivity contribution in [2.24, 2.45) is 0 Å². The van der Waals surface area contributed by atoms with E-state index in [9.17, 15) is 14.9 Å². The summed E-state index contributed by atoms with van der Waals surface area (Å²) in [6.45, 7) is 0. The van der Waals surface area contributed by atoms with Gasteiger partial charge in [-0.2, -0.15) is 0 Å². The molecule has 0 aliphatic carbocycles. The van der Waals surface area contributed by atoms with Gasteiger partial charge in [-0.1, -0.05) is 0 Å². The Morgan fingerprint density at radius 3 is 2.50 bits per heavy atom.